The van der Waals surface area contributed by atoms with Crippen molar-refractivity contribution in [3.05, 3.63) is 46.5 Å². The fraction of sp³-hybridized carbons (Fsp3) is 0.333. The molecule has 1 aromatic heterocycles. The number of nitrogens with one attached hydrogen (secondary N) is 1. The second-order valence-corrected chi connectivity index (χ2v) is 7.21. The first-order chi connectivity index (χ1) is 10.8. The minimum absolute atomic E-state index is 0.0236. The van der Waals surface area contributed by atoms with Gasteiger partial charge < -0.3 is 4.74 Å². The van der Waals surface area contributed by atoms with Crippen molar-refractivity contribution in [3.63, 3.8) is 0 Å². The Balaban J connectivity index is 2.08. The second kappa shape index (κ2) is 6.96. The smallest absolute Gasteiger partial charge is 0.250 e. The molecule has 0 unspecified atom stereocenters. The molecule has 0 aliphatic heterocycles. The number of hydrogen-bond donors (Lipinski definition) is 1. The molecule has 0 saturated carbocycles. The summed E-state index contributed by atoms with van der Waals surface area (Å²) in [5, 5.41) is 5.38. The van der Waals surface area contributed by atoms with Crippen molar-refractivity contribution < 1.29 is 9.53 Å². The third-order valence-corrected chi connectivity index (χ3v) is 4.06. The highest BCUT2D eigenvalue weighted by atomic mass is 32.1. The molecule has 0 bridgehead atoms. The van der Waals surface area contributed by atoms with Crippen molar-refractivity contribution in [1.29, 1.82) is 0 Å². The van der Waals surface area contributed by atoms with Crippen LogP contribution in [0.5, 0.6) is 5.75 Å². The number of benzene rings is 1. The van der Waals surface area contributed by atoms with Crippen molar-refractivity contribution in [3.8, 4) is 5.75 Å². The third-order valence-electron chi connectivity index (χ3n) is 3.30. The van der Waals surface area contributed by atoms with E-state index in [1.165, 1.54) is 17.4 Å². The average molecular weight is 330 g/mol. The van der Waals surface area contributed by atoms with Gasteiger partial charge in [0.1, 0.15) is 5.75 Å². The minimum Gasteiger partial charge on any atom is -0.496 e. The fourth-order valence-corrected chi connectivity index (χ4v) is 2.91. The lowest BCUT2D eigenvalue weighted by molar-refractivity contribution is -0.111. The van der Waals surface area contributed by atoms with Gasteiger partial charge in [0.2, 0.25) is 5.91 Å². The van der Waals surface area contributed by atoms with Crippen LogP contribution in [0, 0.1) is 6.92 Å². The Bertz CT molecular complexity index is 727. The second-order valence-electron chi connectivity index (χ2n) is 6.36. The van der Waals surface area contributed by atoms with Crippen molar-refractivity contribution in [2.24, 2.45) is 0 Å². The summed E-state index contributed by atoms with van der Waals surface area (Å²) in [4.78, 5) is 16.5. The van der Waals surface area contributed by atoms with E-state index >= 15 is 0 Å². The molecule has 0 aliphatic rings. The summed E-state index contributed by atoms with van der Waals surface area (Å²) in [6.45, 7) is 8.28. The fourth-order valence-electron chi connectivity index (χ4n) is 1.97. The molecule has 0 saturated heterocycles. The van der Waals surface area contributed by atoms with Crippen molar-refractivity contribution >= 4 is 28.5 Å². The summed E-state index contributed by atoms with van der Waals surface area (Å²) in [6, 6.07) is 5.84. The number of rotatable bonds is 4. The molecule has 1 aromatic carbocycles. The van der Waals surface area contributed by atoms with Gasteiger partial charge in [-0.2, -0.15) is 0 Å². The predicted molar refractivity (Wildman–Crippen MR) is 96.2 cm³/mol. The van der Waals surface area contributed by atoms with Gasteiger partial charge in [-0.15, -0.1) is 11.3 Å². The molecule has 1 amide bonds. The number of hydrogen-bond acceptors (Lipinski definition) is 4. The highest BCUT2D eigenvalue weighted by Crippen LogP contribution is 2.26. The zero-order valence-electron chi connectivity index (χ0n) is 14.1. The Labute approximate surface area is 141 Å². The number of carbonyl (C=O) groups is 1. The van der Waals surface area contributed by atoms with Gasteiger partial charge in [0.15, 0.2) is 5.13 Å². The van der Waals surface area contributed by atoms with E-state index in [1.807, 2.05) is 30.5 Å². The van der Waals surface area contributed by atoms with E-state index in [4.69, 9.17) is 4.74 Å². The lowest BCUT2D eigenvalue weighted by Crippen LogP contribution is -2.12. The first-order valence-electron chi connectivity index (χ1n) is 7.39. The van der Waals surface area contributed by atoms with Crippen molar-refractivity contribution in [2.75, 3.05) is 12.4 Å². The first kappa shape index (κ1) is 17.2. The molecule has 0 radical (unpaired) electrons. The van der Waals surface area contributed by atoms with Crippen molar-refractivity contribution in [1.82, 2.24) is 4.98 Å². The maximum absolute atomic E-state index is 12.1. The molecule has 5 heteroatoms. The zero-order chi connectivity index (χ0) is 17.0. The van der Waals surface area contributed by atoms with Crippen LogP contribution in [-0.2, 0) is 10.2 Å². The average Bonchev–Trinajstić information content (AvgIpc) is 2.94. The molecular weight excluding hydrogens is 308 g/mol. The summed E-state index contributed by atoms with van der Waals surface area (Å²) >= 11 is 1.43. The van der Waals surface area contributed by atoms with Crippen LogP contribution in [0.3, 0.4) is 0 Å². The largest absolute Gasteiger partial charge is 0.496 e. The van der Waals surface area contributed by atoms with Crippen LogP contribution in [0.4, 0.5) is 5.13 Å². The molecule has 2 rings (SSSR count). The van der Waals surface area contributed by atoms with Crippen molar-refractivity contribution in [2.45, 2.75) is 33.1 Å². The Morgan fingerprint density at radius 1 is 1.35 bits per heavy atom. The molecule has 0 spiro atoms. The van der Waals surface area contributed by atoms with Gasteiger partial charge in [-0.05, 0) is 25.1 Å². The lowest BCUT2D eigenvalue weighted by Gasteiger charge is -2.14. The van der Waals surface area contributed by atoms with Crippen LogP contribution in [0.15, 0.2) is 29.7 Å². The normalized spacial score (nSPS) is 11.7. The predicted octanol–water partition coefficient (Wildman–Crippen LogP) is 4.41. The van der Waals surface area contributed by atoms with Gasteiger partial charge in [-0.25, -0.2) is 4.98 Å². The topological polar surface area (TPSA) is 51.2 Å². The Kier molecular flexibility index (Phi) is 5.21. The van der Waals surface area contributed by atoms with Crippen LogP contribution in [0.2, 0.25) is 0 Å². The summed E-state index contributed by atoms with van der Waals surface area (Å²) in [5.74, 6) is 0.535. The summed E-state index contributed by atoms with van der Waals surface area (Å²) in [6.07, 6.45) is 3.24. The molecule has 1 heterocycles. The van der Waals surface area contributed by atoms with Crippen LogP contribution in [0.1, 0.15) is 37.6 Å². The number of amides is 1. The number of anilines is 1. The number of carbonyl (C=O) groups excluding carboxylic acids is 1. The number of aryl methyl sites for hydroxylation is 1. The maximum atomic E-state index is 12.1. The summed E-state index contributed by atoms with van der Waals surface area (Å²) in [5.41, 5.74) is 2.93. The Morgan fingerprint density at radius 2 is 2.09 bits per heavy atom. The van der Waals surface area contributed by atoms with E-state index in [9.17, 15) is 4.79 Å². The lowest BCUT2D eigenvalue weighted by atomic mass is 9.93. The molecule has 0 fully saturated rings. The third kappa shape index (κ3) is 4.66. The number of nitrogens with zero attached hydrogens (tertiary/aromatic N) is 1. The van der Waals surface area contributed by atoms with Gasteiger partial charge in [0.25, 0.3) is 0 Å². The molecule has 122 valence electrons. The molecule has 1 N–H and O–H groups in total. The number of aromatic nitrogens is 1. The van der Waals surface area contributed by atoms with E-state index in [1.54, 1.807) is 13.2 Å². The highest BCUT2D eigenvalue weighted by molar-refractivity contribution is 7.14. The maximum Gasteiger partial charge on any atom is 0.250 e. The van der Waals surface area contributed by atoms with Gasteiger partial charge in [-0.3, -0.25) is 10.1 Å². The van der Waals surface area contributed by atoms with Crippen LogP contribution >= 0.6 is 11.3 Å². The van der Waals surface area contributed by atoms with Gasteiger partial charge in [0, 0.05) is 22.4 Å². The Morgan fingerprint density at radius 3 is 2.70 bits per heavy atom. The van der Waals surface area contributed by atoms with Gasteiger partial charge in [-0.1, -0.05) is 32.4 Å². The quantitative estimate of drug-likeness (QED) is 0.845. The Hall–Kier alpha value is -2.14. The van der Waals surface area contributed by atoms with Gasteiger partial charge >= 0.3 is 0 Å². The molecule has 23 heavy (non-hydrogen) atoms. The van der Waals surface area contributed by atoms with Crippen LogP contribution in [-0.4, -0.2) is 18.0 Å². The molecule has 2 aromatic rings. The van der Waals surface area contributed by atoms with Crippen LogP contribution < -0.4 is 10.1 Å². The van der Waals surface area contributed by atoms with E-state index in [-0.39, 0.29) is 11.3 Å². The molecular formula is C18H22N2O2S. The molecule has 0 aliphatic carbocycles. The van der Waals surface area contributed by atoms with E-state index in [0.29, 0.717) is 5.13 Å². The standard InChI is InChI=1S/C18H22N2O2S/c1-12-6-8-14(22-5)13(10-12)7-9-16(21)20-17-19-15(11-23-17)18(2,3)4/h6-11H,1-5H3,(H,19,20,21)/b9-7+. The van der Waals surface area contributed by atoms with E-state index < -0.39 is 0 Å². The number of methoxy groups -OCH3 is 1. The first-order valence-corrected chi connectivity index (χ1v) is 8.27. The zero-order valence-corrected chi connectivity index (χ0v) is 15.0. The monoisotopic (exact) mass is 330 g/mol. The number of thiazole rings is 1. The van der Waals surface area contributed by atoms with E-state index in [0.717, 1.165) is 22.6 Å². The minimum atomic E-state index is -0.205. The molecule has 0 atom stereocenters. The number of ether oxygens (including phenoxy) is 1. The summed E-state index contributed by atoms with van der Waals surface area (Å²) in [7, 11) is 1.62. The summed E-state index contributed by atoms with van der Waals surface area (Å²) < 4.78 is 5.30. The molecule has 4 nitrogen and oxygen atoms in total. The van der Waals surface area contributed by atoms with E-state index in [2.05, 4.69) is 31.1 Å². The van der Waals surface area contributed by atoms with Gasteiger partial charge in [0.05, 0.1) is 12.8 Å². The van der Waals surface area contributed by atoms with Crippen LogP contribution in [0.25, 0.3) is 6.08 Å². The highest BCUT2D eigenvalue weighted by Gasteiger charge is 2.17. The SMILES string of the molecule is COc1ccc(C)cc1/C=C/C(=O)Nc1nc(C(C)(C)C)cs1.